The quantitative estimate of drug-likeness (QED) is 0.628. The molecule has 0 aliphatic carbocycles. The Kier molecular flexibility index (Phi) is 3.30. The highest BCUT2D eigenvalue weighted by Crippen LogP contribution is 2.33. The number of likely N-dealkylation sites (tertiary alicyclic amines) is 2. The van der Waals surface area contributed by atoms with Crippen LogP contribution in [0.15, 0.2) is 16.3 Å². The van der Waals surface area contributed by atoms with Gasteiger partial charge in [0.25, 0.3) is 0 Å². The van der Waals surface area contributed by atoms with E-state index in [1.165, 1.54) is 9.09 Å². The molecule has 0 N–H and O–H groups in total. The third-order valence-electron chi connectivity index (χ3n) is 3.84. The maximum Gasteiger partial charge on any atom is 0.247 e. The van der Waals surface area contributed by atoms with Crippen molar-refractivity contribution in [3.05, 3.63) is 17.0 Å². The van der Waals surface area contributed by atoms with E-state index in [9.17, 15) is 9.59 Å². The number of fused-ring (bicyclic) bond motifs is 1. The number of carbonyl (C=O) groups is 2. The van der Waals surface area contributed by atoms with Gasteiger partial charge in [-0.3, -0.25) is 9.59 Å². The molecule has 102 valence electrons. The van der Waals surface area contributed by atoms with Gasteiger partial charge in [-0.15, -0.1) is 23.1 Å². The van der Waals surface area contributed by atoms with Crippen molar-refractivity contribution in [2.75, 3.05) is 19.3 Å². The van der Waals surface area contributed by atoms with E-state index >= 15 is 0 Å². The lowest BCUT2D eigenvalue weighted by Crippen LogP contribution is -2.65. The van der Waals surface area contributed by atoms with Gasteiger partial charge in [-0.2, -0.15) is 0 Å². The van der Waals surface area contributed by atoms with E-state index in [1.807, 2.05) is 13.1 Å². The molecule has 4 nitrogen and oxygen atoms in total. The van der Waals surface area contributed by atoms with Gasteiger partial charge in [0.1, 0.15) is 6.04 Å². The minimum absolute atomic E-state index is 0.0880. The number of β-lactam (4-membered cyclic amide) rings is 1. The molecule has 19 heavy (non-hydrogen) atoms. The molecule has 0 saturated carbocycles. The fourth-order valence-electron chi connectivity index (χ4n) is 2.75. The van der Waals surface area contributed by atoms with Crippen molar-refractivity contribution in [3.8, 4) is 0 Å². The predicted molar refractivity (Wildman–Crippen MR) is 76.5 cm³/mol. The summed E-state index contributed by atoms with van der Waals surface area (Å²) in [6.45, 7) is 2.78. The molecule has 0 aromatic carbocycles. The van der Waals surface area contributed by atoms with E-state index in [0.29, 0.717) is 12.3 Å². The largest absolute Gasteiger partial charge is 0.338 e. The first-order chi connectivity index (χ1) is 9.08. The summed E-state index contributed by atoms with van der Waals surface area (Å²) < 4.78 is 1.17. The Morgan fingerprint density at radius 1 is 1.53 bits per heavy atom. The van der Waals surface area contributed by atoms with Gasteiger partial charge in [0.05, 0.1) is 16.0 Å². The Bertz CT molecular complexity index is 528. The first-order valence-electron chi connectivity index (χ1n) is 6.33. The Morgan fingerprint density at radius 2 is 2.32 bits per heavy atom. The van der Waals surface area contributed by atoms with Crippen LogP contribution in [-0.2, 0) is 9.59 Å². The molecule has 2 fully saturated rings. The van der Waals surface area contributed by atoms with E-state index in [2.05, 4.69) is 13.0 Å². The summed E-state index contributed by atoms with van der Waals surface area (Å²) in [5.74, 6) is 0.609. The predicted octanol–water partition coefficient (Wildman–Crippen LogP) is 1.59. The van der Waals surface area contributed by atoms with Crippen LogP contribution in [0.25, 0.3) is 0 Å². The van der Waals surface area contributed by atoms with Crippen LogP contribution in [0, 0.1) is 6.92 Å². The lowest BCUT2D eigenvalue weighted by molar-refractivity contribution is -0.155. The lowest BCUT2D eigenvalue weighted by atomic mass is 9.97. The number of thiophene rings is 1. The molecule has 3 heterocycles. The number of likely N-dealkylation sites (N-methyl/N-ethyl adjacent to an activating group) is 1. The number of hydrogen-bond donors (Lipinski definition) is 0. The van der Waals surface area contributed by atoms with Gasteiger partial charge in [0.15, 0.2) is 0 Å². The topological polar surface area (TPSA) is 40.6 Å². The molecule has 1 aromatic heterocycles. The van der Waals surface area contributed by atoms with Crippen LogP contribution >= 0.6 is 23.1 Å². The fraction of sp³-hybridized carbons (Fsp3) is 0.538. The smallest absolute Gasteiger partial charge is 0.247 e. The normalized spacial score (nSPS) is 25.5. The molecule has 2 saturated heterocycles. The average molecular weight is 296 g/mol. The maximum absolute atomic E-state index is 12.2. The molecule has 0 radical (unpaired) electrons. The van der Waals surface area contributed by atoms with Crippen molar-refractivity contribution in [1.82, 2.24) is 9.80 Å². The minimum Gasteiger partial charge on any atom is -0.338 e. The van der Waals surface area contributed by atoms with Gasteiger partial charge in [-0.25, -0.2) is 0 Å². The van der Waals surface area contributed by atoms with E-state index in [-0.39, 0.29) is 23.9 Å². The zero-order valence-electron chi connectivity index (χ0n) is 11.0. The van der Waals surface area contributed by atoms with E-state index < -0.39 is 0 Å². The third-order valence-corrected chi connectivity index (χ3v) is 6.05. The highest BCUT2D eigenvalue weighted by atomic mass is 32.2. The molecule has 6 heteroatoms. The summed E-state index contributed by atoms with van der Waals surface area (Å²) in [4.78, 5) is 28.7. The van der Waals surface area contributed by atoms with Crippen molar-refractivity contribution in [2.24, 2.45) is 0 Å². The fourth-order valence-corrected chi connectivity index (χ4v) is 4.75. The Labute approximate surface area is 120 Å². The SMILES string of the molecule is Cc1ccc(SCC(=O)N2CC[C@@H]3[C@H]2C(=O)N3C)s1. The van der Waals surface area contributed by atoms with Gasteiger partial charge in [0.2, 0.25) is 11.8 Å². The van der Waals surface area contributed by atoms with Crippen LogP contribution in [0.2, 0.25) is 0 Å². The summed E-state index contributed by atoms with van der Waals surface area (Å²) in [6.07, 6.45) is 0.918. The third kappa shape index (κ3) is 2.17. The molecule has 3 rings (SSSR count). The molecule has 2 aliphatic rings. The van der Waals surface area contributed by atoms with Crippen LogP contribution in [0.4, 0.5) is 0 Å². The summed E-state index contributed by atoms with van der Waals surface area (Å²) in [5, 5.41) is 0. The van der Waals surface area contributed by atoms with Crippen molar-refractivity contribution < 1.29 is 9.59 Å². The van der Waals surface area contributed by atoms with Gasteiger partial charge < -0.3 is 9.80 Å². The molecular formula is C13H16N2O2S2. The number of hydrogen-bond acceptors (Lipinski definition) is 4. The van der Waals surface area contributed by atoms with Crippen LogP contribution in [0.5, 0.6) is 0 Å². The minimum atomic E-state index is -0.178. The van der Waals surface area contributed by atoms with Crippen LogP contribution in [0.1, 0.15) is 11.3 Å². The summed E-state index contributed by atoms with van der Waals surface area (Å²) in [5.41, 5.74) is 0. The van der Waals surface area contributed by atoms with Crippen molar-refractivity contribution in [3.63, 3.8) is 0 Å². The van der Waals surface area contributed by atoms with Crippen LogP contribution in [0.3, 0.4) is 0 Å². The van der Waals surface area contributed by atoms with Gasteiger partial charge >= 0.3 is 0 Å². The summed E-state index contributed by atoms with van der Waals surface area (Å²) in [6, 6.07) is 4.19. The van der Waals surface area contributed by atoms with E-state index in [4.69, 9.17) is 0 Å². The molecule has 2 aliphatic heterocycles. The Balaban J connectivity index is 1.58. The molecule has 0 spiro atoms. The number of carbonyl (C=O) groups excluding carboxylic acids is 2. The number of aryl methyl sites for hydroxylation is 1. The lowest BCUT2D eigenvalue weighted by Gasteiger charge is -2.43. The van der Waals surface area contributed by atoms with Gasteiger partial charge in [-0.05, 0) is 25.5 Å². The Morgan fingerprint density at radius 3 is 3.00 bits per heavy atom. The second-order valence-electron chi connectivity index (χ2n) is 4.99. The second-order valence-corrected chi connectivity index (χ2v) is 7.55. The molecule has 1 aromatic rings. The number of rotatable bonds is 3. The zero-order valence-corrected chi connectivity index (χ0v) is 12.6. The van der Waals surface area contributed by atoms with Crippen molar-refractivity contribution in [1.29, 1.82) is 0 Å². The summed E-state index contributed by atoms with van der Waals surface area (Å²) >= 11 is 3.27. The Hall–Kier alpha value is -1.01. The molecular weight excluding hydrogens is 280 g/mol. The molecule has 2 amide bonds. The van der Waals surface area contributed by atoms with Gasteiger partial charge in [0, 0.05) is 18.5 Å². The van der Waals surface area contributed by atoms with Crippen LogP contribution < -0.4 is 0 Å². The van der Waals surface area contributed by atoms with Crippen molar-refractivity contribution >= 4 is 34.9 Å². The van der Waals surface area contributed by atoms with Gasteiger partial charge in [-0.1, -0.05) is 0 Å². The average Bonchev–Trinajstić information content (AvgIpc) is 2.99. The second kappa shape index (κ2) is 4.83. The number of thioether (sulfide) groups is 1. The molecule has 2 atom stereocenters. The molecule has 0 bridgehead atoms. The monoisotopic (exact) mass is 296 g/mol. The first-order valence-corrected chi connectivity index (χ1v) is 8.13. The number of amides is 2. The van der Waals surface area contributed by atoms with E-state index in [1.54, 1.807) is 32.9 Å². The standard InChI is InChI=1S/C13H16N2O2S2/c1-8-3-4-11(19-8)18-7-10(16)15-6-5-9-12(15)13(17)14(9)2/h3-4,9,12H,5-7H2,1-2H3/t9-,12+/m1/s1. The highest BCUT2D eigenvalue weighted by molar-refractivity contribution is 8.01. The maximum atomic E-state index is 12.2. The zero-order chi connectivity index (χ0) is 13.6. The summed E-state index contributed by atoms with van der Waals surface area (Å²) in [7, 11) is 1.82. The van der Waals surface area contributed by atoms with Crippen LogP contribution in [-0.4, -0.2) is 53.0 Å². The highest BCUT2D eigenvalue weighted by Gasteiger charge is 2.53. The van der Waals surface area contributed by atoms with E-state index in [0.717, 1.165) is 6.42 Å². The van der Waals surface area contributed by atoms with Crippen molar-refractivity contribution in [2.45, 2.75) is 29.6 Å². The molecule has 0 unspecified atom stereocenters. The number of nitrogens with zero attached hydrogens (tertiary/aromatic N) is 2. The first kappa shape index (κ1) is 13.0.